The third kappa shape index (κ3) is 2.21. The van der Waals surface area contributed by atoms with Gasteiger partial charge in [0, 0.05) is 5.54 Å². The Hall–Kier alpha value is -1.29. The maximum Gasteiger partial charge on any atom is 0.253 e. The summed E-state index contributed by atoms with van der Waals surface area (Å²) >= 11 is 5.70. The van der Waals surface area contributed by atoms with Gasteiger partial charge in [-0.1, -0.05) is 11.6 Å². The molecule has 0 spiro atoms. The highest BCUT2D eigenvalue weighted by Crippen LogP contribution is 2.34. The summed E-state index contributed by atoms with van der Waals surface area (Å²) in [4.78, 5) is 15.6. The third-order valence-corrected chi connectivity index (χ3v) is 2.77. The van der Waals surface area contributed by atoms with Crippen LogP contribution in [0.25, 0.3) is 0 Å². The summed E-state index contributed by atoms with van der Waals surface area (Å²) in [6.07, 6.45) is 3.42. The highest BCUT2D eigenvalue weighted by Gasteiger charge is 2.39. The van der Waals surface area contributed by atoms with Crippen molar-refractivity contribution in [2.45, 2.75) is 25.3 Å². The van der Waals surface area contributed by atoms with Gasteiger partial charge in [-0.15, -0.1) is 0 Å². The van der Waals surface area contributed by atoms with Crippen molar-refractivity contribution in [1.82, 2.24) is 10.3 Å². The first-order valence-corrected chi connectivity index (χ1v) is 5.11. The predicted octanol–water partition coefficient (Wildman–Crippen LogP) is 1.60. The van der Waals surface area contributed by atoms with E-state index in [1.165, 1.54) is 12.3 Å². The average molecular weight is 226 g/mol. The smallest absolute Gasteiger partial charge is 0.253 e. The number of anilines is 1. The fourth-order valence-electron chi connectivity index (χ4n) is 1.29. The van der Waals surface area contributed by atoms with Crippen LogP contribution in [0.3, 0.4) is 0 Å². The maximum atomic E-state index is 11.8. The first kappa shape index (κ1) is 10.2. The summed E-state index contributed by atoms with van der Waals surface area (Å²) < 4.78 is 0. The van der Waals surface area contributed by atoms with Gasteiger partial charge in [0.05, 0.1) is 17.4 Å². The largest absolute Gasteiger partial charge is 0.397 e. The lowest BCUT2D eigenvalue weighted by atomic mass is 10.2. The van der Waals surface area contributed by atoms with E-state index >= 15 is 0 Å². The van der Waals surface area contributed by atoms with Crippen LogP contribution >= 0.6 is 11.6 Å². The Balaban J connectivity index is 2.21. The standard InChI is InChI=1S/C10H12ClN3O/c1-10(2-3-10)14-9(15)6-4-8(11)13-5-7(6)12/h4-5H,2-3,12H2,1H3,(H,14,15). The van der Waals surface area contributed by atoms with E-state index < -0.39 is 0 Å². The number of nitrogens with one attached hydrogen (secondary N) is 1. The molecule has 1 aliphatic rings. The third-order valence-electron chi connectivity index (χ3n) is 2.56. The molecule has 1 aromatic heterocycles. The van der Waals surface area contributed by atoms with E-state index in [1.54, 1.807) is 0 Å². The molecule has 1 fully saturated rings. The molecule has 4 nitrogen and oxygen atoms in total. The number of nitrogens with two attached hydrogens (primary N) is 1. The van der Waals surface area contributed by atoms with Gasteiger partial charge in [0.2, 0.25) is 0 Å². The lowest BCUT2D eigenvalue weighted by molar-refractivity contribution is 0.0936. The van der Waals surface area contributed by atoms with E-state index in [4.69, 9.17) is 17.3 Å². The van der Waals surface area contributed by atoms with E-state index in [9.17, 15) is 4.79 Å². The zero-order chi connectivity index (χ0) is 11.1. The number of nitrogen functional groups attached to an aromatic ring is 1. The van der Waals surface area contributed by atoms with Crippen LogP contribution in [0.4, 0.5) is 5.69 Å². The molecule has 1 saturated carbocycles. The molecule has 0 aliphatic heterocycles. The molecule has 1 amide bonds. The summed E-state index contributed by atoms with van der Waals surface area (Å²) in [7, 11) is 0. The van der Waals surface area contributed by atoms with Crippen LogP contribution in [0.15, 0.2) is 12.3 Å². The van der Waals surface area contributed by atoms with E-state index in [0.717, 1.165) is 12.8 Å². The van der Waals surface area contributed by atoms with Gasteiger partial charge in [0.25, 0.3) is 5.91 Å². The van der Waals surface area contributed by atoms with E-state index in [1.807, 2.05) is 6.92 Å². The van der Waals surface area contributed by atoms with Crippen molar-refractivity contribution in [2.24, 2.45) is 0 Å². The molecule has 0 radical (unpaired) electrons. The number of nitrogens with zero attached hydrogens (tertiary/aromatic N) is 1. The zero-order valence-corrected chi connectivity index (χ0v) is 9.14. The van der Waals surface area contributed by atoms with Crippen molar-refractivity contribution in [3.8, 4) is 0 Å². The van der Waals surface area contributed by atoms with E-state index in [2.05, 4.69) is 10.3 Å². The van der Waals surface area contributed by atoms with Crippen molar-refractivity contribution in [3.63, 3.8) is 0 Å². The molecular formula is C10H12ClN3O. The summed E-state index contributed by atoms with van der Waals surface area (Å²) in [5, 5.41) is 3.18. The molecule has 0 saturated heterocycles. The van der Waals surface area contributed by atoms with Crippen molar-refractivity contribution in [3.05, 3.63) is 23.0 Å². The van der Waals surface area contributed by atoms with Gasteiger partial charge in [-0.05, 0) is 25.8 Å². The van der Waals surface area contributed by atoms with Gasteiger partial charge < -0.3 is 11.1 Å². The first-order chi connectivity index (χ1) is 7.00. The van der Waals surface area contributed by atoms with Crippen molar-refractivity contribution in [2.75, 3.05) is 5.73 Å². The second-order valence-electron chi connectivity index (χ2n) is 4.11. The number of pyridine rings is 1. The van der Waals surface area contributed by atoms with Crippen molar-refractivity contribution < 1.29 is 4.79 Å². The van der Waals surface area contributed by atoms with Crippen LogP contribution in [0, 0.1) is 0 Å². The topological polar surface area (TPSA) is 68.0 Å². The molecule has 0 bridgehead atoms. The predicted molar refractivity (Wildman–Crippen MR) is 58.8 cm³/mol. The molecule has 0 unspecified atom stereocenters. The van der Waals surface area contributed by atoms with Crippen LogP contribution in [-0.2, 0) is 0 Å². The summed E-state index contributed by atoms with van der Waals surface area (Å²) in [5.41, 5.74) is 6.33. The summed E-state index contributed by atoms with van der Waals surface area (Å²) in [6.45, 7) is 2.00. The number of rotatable bonds is 2. The quantitative estimate of drug-likeness (QED) is 0.752. The Morgan fingerprint density at radius 3 is 2.93 bits per heavy atom. The highest BCUT2D eigenvalue weighted by atomic mass is 35.5. The van der Waals surface area contributed by atoms with Crippen LogP contribution in [0.1, 0.15) is 30.1 Å². The molecule has 3 N–H and O–H groups in total. The Labute approximate surface area is 92.8 Å². The van der Waals surface area contributed by atoms with Crippen LogP contribution in [0.5, 0.6) is 0 Å². The number of halogens is 1. The Kier molecular flexibility index (Phi) is 2.31. The number of hydrogen-bond acceptors (Lipinski definition) is 3. The minimum absolute atomic E-state index is 0.0563. The Morgan fingerprint density at radius 2 is 2.33 bits per heavy atom. The molecule has 0 atom stereocenters. The highest BCUT2D eigenvalue weighted by molar-refractivity contribution is 6.29. The summed E-state index contributed by atoms with van der Waals surface area (Å²) in [6, 6.07) is 1.48. The van der Waals surface area contributed by atoms with Gasteiger partial charge in [0.1, 0.15) is 5.15 Å². The van der Waals surface area contributed by atoms with Crippen LogP contribution < -0.4 is 11.1 Å². The molecule has 0 aromatic carbocycles. The van der Waals surface area contributed by atoms with Gasteiger partial charge in [-0.3, -0.25) is 4.79 Å². The second-order valence-corrected chi connectivity index (χ2v) is 4.50. The molecule has 1 aliphatic carbocycles. The van der Waals surface area contributed by atoms with Crippen LogP contribution in [0.2, 0.25) is 5.15 Å². The fraction of sp³-hybridized carbons (Fsp3) is 0.400. The lowest BCUT2D eigenvalue weighted by Gasteiger charge is -2.12. The molecule has 80 valence electrons. The molecule has 1 heterocycles. The average Bonchev–Trinajstić information content (AvgIpc) is 2.87. The summed E-state index contributed by atoms with van der Waals surface area (Å²) in [5.74, 6) is -0.184. The molecule has 15 heavy (non-hydrogen) atoms. The number of carbonyl (C=O) groups excluding carboxylic acids is 1. The monoisotopic (exact) mass is 225 g/mol. The minimum Gasteiger partial charge on any atom is -0.397 e. The van der Waals surface area contributed by atoms with Gasteiger partial charge >= 0.3 is 0 Å². The maximum absolute atomic E-state index is 11.8. The van der Waals surface area contributed by atoms with Gasteiger partial charge in [-0.2, -0.15) is 0 Å². The van der Waals surface area contributed by atoms with Gasteiger partial charge in [-0.25, -0.2) is 4.98 Å². The number of hydrogen-bond donors (Lipinski definition) is 2. The molecule has 5 heteroatoms. The molecule has 2 rings (SSSR count). The second kappa shape index (κ2) is 3.38. The van der Waals surface area contributed by atoms with Crippen LogP contribution in [-0.4, -0.2) is 16.4 Å². The fourth-order valence-corrected chi connectivity index (χ4v) is 1.45. The zero-order valence-electron chi connectivity index (χ0n) is 8.38. The van der Waals surface area contributed by atoms with Crippen molar-refractivity contribution >= 4 is 23.2 Å². The molecule has 1 aromatic rings. The Morgan fingerprint density at radius 1 is 1.67 bits per heavy atom. The Bertz CT molecular complexity index is 415. The van der Waals surface area contributed by atoms with Crippen molar-refractivity contribution in [1.29, 1.82) is 0 Å². The number of carbonyl (C=O) groups is 1. The lowest BCUT2D eigenvalue weighted by Crippen LogP contribution is -2.34. The number of aromatic nitrogens is 1. The first-order valence-electron chi connectivity index (χ1n) is 4.74. The normalized spacial score (nSPS) is 17.2. The van der Waals surface area contributed by atoms with Gasteiger partial charge in [0.15, 0.2) is 0 Å². The minimum atomic E-state index is -0.184. The number of amides is 1. The van der Waals surface area contributed by atoms with E-state index in [-0.39, 0.29) is 16.6 Å². The van der Waals surface area contributed by atoms with E-state index in [0.29, 0.717) is 11.3 Å². The SMILES string of the molecule is CC1(NC(=O)c2cc(Cl)ncc2N)CC1. The molecular weight excluding hydrogens is 214 g/mol.